The maximum Gasteiger partial charge on any atom is 0.352 e. The predicted octanol–water partition coefficient (Wildman–Crippen LogP) is 6.12. The molecule has 1 aromatic heterocycles. The summed E-state index contributed by atoms with van der Waals surface area (Å²) in [6.07, 6.45) is 3.98. The number of carbonyl (C=O) groups is 1. The van der Waals surface area contributed by atoms with Crippen molar-refractivity contribution in [3.05, 3.63) is 96.4 Å². The SMILES string of the molecule is CC(=O)OOc1cccc(C[C@@H]2CCC[C@@H]3O[C@]23c2nc(-c3ccccc3)c(-c3ccccc3)o2)c1.[Na]. The summed E-state index contributed by atoms with van der Waals surface area (Å²) in [5.74, 6) is 1.62. The Hall–Kier alpha value is -2.90. The van der Waals surface area contributed by atoms with Crippen molar-refractivity contribution in [2.45, 2.75) is 44.3 Å². The van der Waals surface area contributed by atoms with Gasteiger partial charge >= 0.3 is 5.97 Å². The van der Waals surface area contributed by atoms with Crippen LogP contribution in [0.25, 0.3) is 22.6 Å². The van der Waals surface area contributed by atoms with E-state index >= 15 is 0 Å². The van der Waals surface area contributed by atoms with Crippen molar-refractivity contribution in [2.75, 3.05) is 0 Å². The minimum Gasteiger partial charge on any atom is -0.437 e. The minimum atomic E-state index is -0.540. The van der Waals surface area contributed by atoms with Gasteiger partial charge < -0.3 is 9.15 Å². The van der Waals surface area contributed by atoms with Crippen molar-refractivity contribution in [1.29, 1.82) is 0 Å². The van der Waals surface area contributed by atoms with Crippen LogP contribution in [-0.4, -0.2) is 46.6 Å². The topological polar surface area (TPSA) is 74.1 Å². The van der Waals surface area contributed by atoms with Crippen LogP contribution in [0.3, 0.4) is 0 Å². The predicted molar refractivity (Wildman–Crippen MR) is 140 cm³/mol. The zero-order valence-corrected chi connectivity index (χ0v) is 23.1. The number of rotatable bonds is 7. The van der Waals surface area contributed by atoms with Crippen LogP contribution in [-0.2, 0) is 26.4 Å². The number of epoxide rings is 1. The van der Waals surface area contributed by atoms with Crippen LogP contribution in [0, 0.1) is 5.92 Å². The standard InChI is InChI=1S/C30H27NO5.Na/c1-20(32)35-36-25-16-8-10-21(19-25)18-24-15-9-17-26-30(24,34-26)29-31-27(22-11-4-2-5-12-22)28(33-29)23-13-6-3-7-14-23;/h2-8,10-14,16,19,24,26H,9,15,17-18H2,1H3;/t24-,26-,30+;/m0./s1. The first-order valence-corrected chi connectivity index (χ1v) is 12.4. The fraction of sp³-hybridized carbons (Fsp3) is 0.267. The molecule has 6 nitrogen and oxygen atoms in total. The van der Waals surface area contributed by atoms with Crippen LogP contribution < -0.4 is 4.89 Å². The van der Waals surface area contributed by atoms with Crippen LogP contribution >= 0.6 is 0 Å². The number of hydrogen-bond donors (Lipinski definition) is 0. The third-order valence-electron chi connectivity index (χ3n) is 7.06. The van der Waals surface area contributed by atoms with E-state index in [9.17, 15) is 4.79 Å². The third-order valence-corrected chi connectivity index (χ3v) is 7.06. The molecule has 6 rings (SSSR count). The fourth-order valence-electron chi connectivity index (χ4n) is 5.39. The average Bonchev–Trinajstić information content (AvgIpc) is 3.51. The van der Waals surface area contributed by atoms with Crippen molar-refractivity contribution < 1.29 is 23.7 Å². The number of ether oxygens (including phenoxy) is 1. The molecule has 0 amide bonds. The summed E-state index contributed by atoms with van der Waals surface area (Å²) in [7, 11) is 0. The van der Waals surface area contributed by atoms with Crippen molar-refractivity contribution in [1.82, 2.24) is 4.98 Å². The second-order valence-electron chi connectivity index (χ2n) is 9.47. The Morgan fingerprint density at radius 2 is 1.70 bits per heavy atom. The van der Waals surface area contributed by atoms with Gasteiger partial charge in [-0.1, -0.05) is 79.2 Å². The quantitative estimate of drug-likeness (QED) is 0.131. The van der Waals surface area contributed by atoms with Gasteiger partial charge in [0.2, 0.25) is 5.89 Å². The molecular formula is C30H27NNaO5. The molecule has 183 valence electrons. The van der Waals surface area contributed by atoms with E-state index in [1.54, 1.807) is 6.07 Å². The molecule has 1 saturated carbocycles. The first kappa shape index (κ1) is 25.7. The van der Waals surface area contributed by atoms with Gasteiger partial charge in [-0.2, -0.15) is 0 Å². The van der Waals surface area contributed by atoms with Crippen molar-refractivity contribution in [3.63, 3.8) is 0 Å². The largest absolute Gasteiger partial charge is 0.437 e. The van der Waals surface area contributed by atoms with E-state index in [1.165, 1.54) is 6.92 Å². The minimum absolute atomic E-state index is 0. The summed E-state index contributed by atoms with van der Waals surface area (Å²) in [4.78, 5) is 26.1. The second-order valence-corrected chi connectivity index (χ2v) is 9.47. The molecule has 0 unspecified atom stereocenters. The Balaban J connectivity index is 0.00000280. The summed E-state index contributed by atoms with van der Waals surface area (Å²) in [6, 6.07) is 27.9. The van der Waals surface area contributed by atoms with Crippen LogP contribution in [0.2, 0.25) is 0 Å². The van der Waals surface area contributed by atoms with Gasteiger partial charge in [0.05, 0.1) is 6.10 Å². The average molecular weight is 505 g/mol. The summed E-state index contributed by atoms with van der Waals surface area (Å²) >= 11 is 0. The third kappa shape index (κ3) is 5.12. The Labute approximate surface area is 238 Å². The van der Waals surface area contributed by atoms with Crippen molar-refractivity contribution in [2.24, 2.45) is 5.92 Å². The molecule has 7 heteroatoms. The number of carbonyl (C=O) groups excluding carboxylic acids is 1. The number of hydrogen-bond acceptors (Lipinski definition) is 6. The summed E-state index contributed by atoms with van der Waals surface area (Å²) in [5.41, 5.74) is 3.38. The summed E-state index contributed by atoms with van der Waals surface area (Å²) < 4.78 is 13.0. The fourth-order valence-corrected chi connectivity index (χ4v) is 5.39. The molecule has 4 aromatic rings. The van der Waals surface area contributed by atoms with Gasteiger partial charge in [-0.25, -0.2) is 9.78 Å². The second kappa shape index (κ2) is 10.8. The van der Waals surface area contributed by atoms with E-state index in [2.05, 4.69) is 18.2 Å². The van der Waals surface area contributed by atoms with E-state index in [4.69, 9.17) is 23.9 Å². The van der Waals surface area contributed by atoms with Crippen LogP contribution in [0.1, 0.15) is 37.6 Å². The monoisotopic (exact) mass is 504 g/mol. The van der Waals surface area contributed by atoms with Gasteiger partial charge in [0.25, 0.3) is 0 Å². The molecular weight excluding hydrogens is 477 g/mol. The Bertz CT molecular complexity index is 1320. The molecule has 37 heavy (non-hydrogen) atoms. The molecule has 0 N–H and O–H groups in total. The normalized spacial score (nSPS) is 21.9. The number of aromatic nitrogens is 1. The molecule has 3 aromatic carbocycles. The molecule has 3 atom stereocenters. The smallest absolute Gasteiger partial charge is 0.352 e. The Kier molecular flexibility index (Phi) is 7.54. The zero-order chi connectivity index (χ0) is 24.5. The van der Waals surface area contributed by atoms with Crippen LogP contribution in [0.15, 0.2) is 89.3 Å². The maximum atomic E-state index is 11.1. The number of benzene rings is 3. The molecule has 1 radical (unpaired) electrons. The van der Waals surface area contributed by atoms with Gasteiger partial charge in [-0.15, -0.1) is 0 Å². The van der Waals surface area contributed by atoms with Crippen LogP contribution in [0.5, 0.6) is 5.75 Å². The first-order chi connectivity index (χ1) is 17.6. The molecule has 2 fully saturated rings. The van der Waals surface area contributed by atoms with Gasteiger partial charge in [-0.3, -0.25) is 9.78 Å². The number of oxazole rings is 1. The van der Waals surface area contributed by atoms with Gasteiger partial charge in [-0.05, 0) is 37.0 Å². The molecule has 1 aliphatic heterocycles. The summed E-state index contributed by atoms with van der Waals surface area (Å²) in [5, 5.41) is 0. The molecule has 1 saturated heterocycles. The van der Waals surface area contributed by atoms with Crippen molar-refractivity contribution >= 4 is 35.5 Å². The molecule has 0 bridgehead atoms. The first-order valence-electron chi connectivity index (χ1n) is 12.4. The van der Waals surface area contributed by atoms with Crippen LogP contribution in [0.4, 0.5) is 0 Å². The molecule has 2 heterocycles. The van der Waals surface area contributed by atoms with E-state index in [-0.39, 0.29) is 41.6 Å². The molecule has 2 aliphatic rings. The maximum absolute atomic E-state index is 11.1. The van der Waals surface area contributed by atoms with Gasteiger partial charge in [0.15, 0.2) is 17.1 Å². The van der Waals surface area contributed by atoms with E-state index in [0.29, 0.717) is 11.6 Å². The number of fused-ring (bicyclic) bond motifs is 1. The van der Waals surface area contributed by atoms with E-state index < -0.39 is 11.6 Å². The van der Waals surface area contributed by atoms with E-state index in [1.807, 2.05) is 60.7 Å². The van der Waals surface area contributed by atoms with Gasteiger partial charge in [0.1, 0.15) is 5.69 Å². The summed E-state index contributed by atoms with van der Waals surface area (Å²) in [6.45, 7) is 1.31. The molecule has 0 spiro atoms. The van der Waals surface area contributed by atoms with Gasteiger partial charge in [0, 0.05) is 53.5 Å². The van der Waals surface area contributed by atoms with Crippen molar-refractivity contribution in [3.8, 4) is 28.3 Å². The zero-order valence-electron chi connectivity index (χ0n) is 21.1. The number of nitrogens with zero attached hydrogens (tertiary/aromatic N) is 1. The Morgan fingerprint density at radius 1 is 0.973 bits per heavy atom. The Morgan fingerprint density at radius 3 is 2.43 bits per heavy atom. The molecule has 1 aliphatic carbocycles. The van der Waals surface area contributed by atoms with E-state index in [0.717, 1.165) is 53.8 Å².